The van der Waals surface area contributed by atoms with Gasteiger partial charge in [-0.3, -0.25) is 4.90 Å². The smallest absolute Gasteiger partial charge is 0.345 e. The normalized spacial score (nSPS) is 17.0. The van der Waals surface area contributed by atoms with E-state index in [0.717, 1.165) is 26.2 Å². The van der Waals surface area contributed by atoms with Crippen molar-refractivity contribution in [3.05, 3.63) is 124 Å². The van der Waals surface area contributed by atoms with Gasteiger partial charge in [-0.2, -0.15) is 0 Å². The van der Waals surface area contributed by atoms with Crippen LogP contribution in [0.1, 0.15) is 22.4 Å². The molecule has 3 aliphatic rings. The first-order valence-corrected chi connectivity index (χ1v) is 24.1. The molecule has 70 heavy (non-hydrogen) atoms. The number of carboxylic acids is 1. The molecule has 1 saturated heterocycles. The molecule has 4 bridgehead atoms. The van der Waals surface area contributed by atoms with Crippen LogP contribution < -0.4 is 23.7 Å². The van der Waals surface area contributed by atoms with Crippen molar-refractivity contribution < 1.29 is 48.2 Å². The number of aliphatic hydroxyl groups is 2. The summed E-state index contributed by atoms with van der Waals surface area (Å²) in [4.78, 5) is 37.5. The number of piperazine rings is 1. The van der Waals surface area contributed by atoms with E-state index in [1.807, 2.05) is 13.8 Å². The molecule has 1 fully saturated rings. The second-order valence-electron chi connectivity index (χ2n) is 17.2. The molecule has 19 heteroatoms. The zero-order chi connectivity index (χ0) is 49.1. The van der Waals surface area contributed by atoms with Crippen LogP contribution in [0.3, 0.4) is 0 Å². The van der Waals surface area contributed by atoms with E-state index in [-0.39, 0.29) is 42.2 Å². The molecule has 0 radical (unpaired) electrons. The van der Waals surface area contributed by atoms with Gasteiger partial charge in [-0.15, -0.1) is 11.3 Å². The van der Waals surface area contributed by atoms with Crippen molar-refractivity contribution in [2.45, 2.75) is 45.2 Å². The Morgan fingerprint density at radius 3 is 2.36 bits per heavy atom. The summed E-state index contributed by atoms with van der Waals surface area (Å²) in [6.45, 7) is 7.25. The van der Waals surface area contributed by atoms with Gasteiger partial charge in [0, 0.05) is 66.9 Å². The fourth-order valence-corrected chi connectivity index (χ4v) is 10.1. The van der Waals surface area contributed by atoms with Crippen molar-refractivity contribution in [3.8, 4) is 61.8 Å². The molecule has 3 N–H and O–H groups in total. The molecule has 7 aromatic rings. The lowest BCUT2D eigenvalue weighted by molar-refractivity contribution is -0.145. The quantitative estimate of drug-likeness (QED) is 0.106. The van der Waals surface area contributed by atoms with Gasteiger partial charge in [0.05, 0.1) is 27.7 Å². The van der Waals surface area contributed by atoms with Crippen molar-refractivity contribution in [2.24, 2.45) is 0 Å². The summed E-state index contributed by atoms with van der Waals surface area (Å²) in [5.41, 5.74) is 4.90. The molecular weight excluding hydrogens is 963 g/mol. The standard InChI is InChI=1S/C51H49Cl2FN6O9S/c1-28-41-29(2)45(53)46(44(28)52)68-38(22-60-18-16-59(3)17-19-60)26-66-37-12-13-39(67-24-34-14-15-55-48(58-34)31-6-10-36(11-7-31)65-25-35(62)23-61)32(20-37)21-40(51(63)64)69-49-43-42(41)47(70-50(43)57-27-56-49)30-4-8-33(54)9-5-30/h4-15,20,27,35,38,40,61-62H,16-19,21-26H2,1-3H3,(H,63,64)/t35-,38-,40-/m1/s1. The second-order valence-corrected chi connectivity index (χ2v) is 18.9. The Kier molecular flexibility index (Phi) is 15.0. The molecule has 3 atom stereocenters. The molecule has 4 aromatic carbocycles. The highest BCUT2D eigenvalue weighted by Gasteiger charge is 2.32. The molecular formula is C51H49Cl2FN6O9S. The van der Waals surface area contributed by atoms with Gasteiger partial charge in [-0.25, -0.2) is 29.1 Å². The van der Waals surface area contributed by atoms with E-state index >= 15 is 0 Å². The molecule has 364 valence electrons. The number of ether oxygens (including phenoxy) is 5. The van der Waals surface area contributed by atoms with Crippen LogP contribution in [0.15, 0.2) is 85.3 Å². The molecule has 0 saturated carbocycles. The predicted molar refractivity (Wildman–Crippen MR) is 264 cm³/mol. The Morgan fingerprint density at radius 1 is 0.914 bits per heavy atom. The van der Waals surface area contributed by atoms with Crippen LogP contribution in [-0.4, -0.2) is 129 Å². The summed E-state index contributed by atoms with van der Waals surface area (Å²) in [6, 6.07) is 20.0. The number of hydrogen-bond acceptors (Lipinski definition) is 15. The number of benzene rings is 4. The summed E-state index contributed by atoms with van der Waals surface area (Å²) in [6.07, 6.45) is -0.294. The van der Waals surface area contributed by atoms with Gasteiger partial charge in [-0.05, 0) is 104 Å². The lowest BCUT2D eigenvalue weighted by Crippen LogP contribution is -2.49. The zero-order valence-corrected chi connectivity index (χ0v) is 40.7. The van der Waals surface area contributed by atoms with Gasteiger partial charge in [0.25, 0.3) is 0 Å². The first-order chi connectivity index (χ1) is 33.8. The van der Waals surface area contributed by atoms with Crippen molar-refractivity contribution in [3.63, 3.8) is 0 Å². The van der Waals surface area contributed by atoms with Gasteiger partial charge < -0.3 is 43.9 Å². The van der Waals surface area contributed by atoms with Gasteiger partial charge in [-0.1, -0.05) is 35.3 Å². The van der Waals surface area contributed by atoms with E-state index in [1.54, 1.807) is 66.9 Å². The maximum absolute atomic E-state index is 14.4. The van der Waals surface area contributed by atoms with Gasteiger partial charge in [0.2, 0.25) is 12.0 Å². The minimum Gasteiger partial charge on any atom is -0.491 e. The first kappa shape index (κ1) is 48.8. The number of hydrogen-bond donors (Lipinski definition) is 3. The fraction of sp³-hybridized carbons (Fsp3) is 0.314. The van der Waals surface area contributed by atoms with Crippen molar-refractivity contribution in [1.82, 2.24) is 29.7 Å². The van der Waals surface area contributed by atoms with E-state index in [0.29, 0.717) is 95.1 Å². The molecule has 15 nitrogen and oxygen atoms in total. The first-order valence-electron chi connectivity index (χ1n) is 22.5. The molecule has 3 aromatic heterocycles. The number of thiophene rings is 1. The third-order valence-corrected chi connectivity index (χ3v) is 14.3. The molecule has 3 aliphatic heterocycles. The van der Waals surface area contributed by atoms with Gasteiger partial charge >= 0.3 is 5.97 Å². The summed E-state index contributed by atoms with van der Waals surface area (Å²) < 4.78 is 46.2. The molecule has 0 aliphatic carbocycles. The van der Waals surface area contributed by atoms with E-state index in [4.69, 9.17) is 57.0 Å². The second kappa shape index (κ2) is 21.4. The van der Waals surface area contributed by atoms with Crippen LogP contribution in [0.5, 0.6) is 28.9 Å². The topological polar surface area (TPSA) is 182 Å². The minimum atomic E-state index is -1.50. The van der Waals surface area contributed by atoms with Crippen LogP contribution in [0.25, 0.3) is 43.2 Å². The Morgan fingerprint density at radius 2 is 1.64 bits per heavy atom. The third kappa shape index (κ3) is 10.8. The fourth-order valence-electron chi connectivity index (χ4n) is 8.43. The summed E-state index contributed by atoms with van der Waals surface area (Å²) in [7, 11) is 2.09. The maximum atomic E-state index is 14.4. The van der Waals surface area contributed by atoms with Crippen molar-refractivity contribution >= 4 is 50.7 Å². The third-order valence-electron chi connectivity index (χ3n) is 12.2. The van der Waals surface area contributed by atoms with Gasteiger partial charge in [0.1, 0.15) is 66.3 Å². The Balaban J connectivity index is 1.11. The Labute approximate surface area is 417 Å². The summed E-state index contributed by atoms with van der Waals surface area (Å²) in [5.74, 6) is 0.359. The highest BCUT2D eigenvalue weighted by molar-refractivity contribution is 7.22. The number of likely N-dealkylation sites (N-methyl/N-ethyl adjacent to an activating group) is 1. The molecule has 0 unspecified atom stereocenters. The molecule has 0 amide bonds. The lowest BCUT2D eigenvalue weighted by Gasteiger charge is -2.35. The molecule has 6 heterocycles. The number of aromatic nitrogens is 4. The van der Waals surface area contributed by atoms with Crippen molar-refractivity contribution in [2.75, 3.05) is 59.6 Å². The zero-order valence-electron chi connectivity index (χ0n) is 38.4. The van der Waals surface area contributed by atoms with Crippen molar-refractivity contribution in [1.29, 1.82) is 0 Å². The Hall–Kier alpha value is -6.18. The highest BCUT2D eigenvalue weighted by atomic mass is 35.5. The largest absolute Gasteiger partial charge is 0.491 e. The monoisotopic (exact) mass is 1010 g/mol. The summed E-state index contributed by atoms with van der Waals surface area (Å²) >= 11 is 16.0. The van der Waals surface area contributed by atoms with E-state index < -0.39 is 36.7 Å². The number of aliphatic carboxylic acids is 1. The number of aliphatic hydroxyl groups excluding tert-OH is 2. The maximum Gasteiger partial charge on any atom is 0.345 e. The number of carboxylic acid groups (broad SMARTS) is 1. The molecule has 10 rings (SSSR count). The van der Waals surface area contributed by atoms with Crippen LogP contribution >= 0.6 is 34.5 Å². The van der Waals surface area contributed by atoms with Crippen LogP contribution in [0, 0.1) is 19.7 Å². The predicted octanol–water partition coefficient (Wildman–Crippen LogP) is 8.32. The summed E-state index contributed by atoms with van der Waals surface area (Å²) in [5, 5.41) is 30.6. The lowest BCUT2D eigenvalue weighted by atomic mass is 9.92. The average Bonchev–Trinajstić information content (AvgIpc) is 3.75. The van der Waals surface area contributed by atoms with Gasteiger partial charge in [0.15, 0.2) is 11.6 Å². The van der Waals surface area contributed by atoms with E-state index in [9.17, 15) is 19.4 Å². The Bertz CT molecular complexity index is 2980. The number of rotatable bonds is 12. The number of carbonyl (C=O) groups is 1. The van der Waals surface area contributed by atoms with E-state index in [1.165, 1.54) is 29.8 Å². The van der Waals surface area contributed by atoms with Crippen LogP contribution in [-0.2, 0) is 17.8 Å². The highest BCUT2D eigenvalue weighted by Crippen LogP contribution is 2.53. The van der Waals surface area contributed by atoms with Crippen LogP contribution in [0.4, 0.5) is 4.39 Å². The van der Waals surface area contributed by atoms with E-state index in [2.05, 4.69) is 31.8 Å². The number of fused-ring (bicyclic) bond motifs is 7. The molecule has 0 spiro atoms. The SMILES string of the molecule is Cc1c(Cl)c2c(Cl)c(C)c1-c1c(-c3ccc(F)cc3)sc3ncnc(c13)O[C@@H](C(=O)O)Cc1cc(ccc1OCc1ccnc(-c3ccc(OC[C@H](O)CO)cc3)n1)OC[C@@H](CN1CCN(C)CC1)O2. The number of nitrogens with zero attached hydrogens (tertiary/aromatic N) is 6. The number of halogens is 3. The minimum absolute atomic E-state index is 0.00307. The van der Waals surface area contributed by atoms with Crippen LogP contribution in [0.2, 0.25) is 10.0 Å². The average molecular weight is 1010 g/mol.